The van der Waals surface area contributed by atoms with E-state index in [4.69, 9.17) is 0 Å². The number of unbranched alkanes of at least 4 members (excludes halogenated alkanes) is 11. The second-order valence-electron chi connectivity index (χ2n) is 7.79. The van der Waals surface area contributed by atoms with Crippen LogP contribution in [0.1, 0.15) is 123 Å². The topological polar surface area (TPSA) is 77.4 Å². The summed E-state index contributed by atoms with van der Waals surface area (Å²) in [6, 6.07) is 0. The number of hydrogen-bond acceptors (Lipinski definition) is 4. The van der Waals surface area contributed by atoms with Crippen LogP contribution in [-0.4, -0.2) is 29.4 Å². The van der Waals surface area contributed by atoms with Crippen LogP contribution in [0, 0.1) is 0 Å². The van der Waals surface area contributed by atoms with Crippen LogP contribution in [0.4, 0.5) is 0 Å². The molecule has 0 saturated heterocycles. The van der Waals surface area contributed by atoms with E-state index in [0.29, 0.717) is 12.8 Å². The fourth-order valence-electron chi connectivity index (χ4n) is 3.49. The monoisotopic (exact) mass is 430 g/mol. The Hall–Kier alpha value is 1.51. The van der Waals surface area contributed by atoms with Crippen LogP contribution in [-0.2, 0) is 10.1 Å². The molecular weight excluding hydrogens is 387 g/mol. The zero-order chi connectivity index (χ0) is 19.7. The maximum atomic E-state index is 11.0. The summed E-state index contributed by atoms with van der Waals surface area (Å²) in [6.45, 7) is 3.99. The van der Waals surface area contributed by atoms with Crippen LogP contribution in [0.2, 0.25) is 0 Å². The zero-order valence-electron chi connectivity index (χ0n) is 18.3. The molecule has 0 amide bonds. The molecule has 27 heavy (non-hydrogen) atoms. The molecule has 6 heteroatoms. The van der Waals surface area contributed by atoms with Crippen LogP contribution in [0.25, 0.3) is 0 Å². The molecule has 2 unspecified atom stereocenters. The first kappa shape index (κ1) is 30.7. The quantitative estimate of drug-likeness (QED) is 0.194. The van der Waals surface area contributed by atoms with E-state index >= 15 is 0 Å². The molecule has 0 heterocycles. The number of hydrogen-bond donors (Lipinski definition) is 1. The summed E-state index contributed by atoms with van der Waals surface area (Å²) in [4.78, 5) is 0. The Morgan fingerprint density at radius 2 is 1.07 bits per heavy atom. The molecule has 0 radical (unpaired) electrons. The van der Waals surface area contributed by atoms with Crippen molar-refractivity contribution in [1.29, 1.82) is 0 Å². The van der Waals surface area contributed by atoms with E-state index in [1.807, 2.05) is 0 Å². The maximum absolute atomic E-state index is 11.0. The summed E-state index contributed by atoms with van der Waals surface area (Å²) < 4.78 is 33.0. The van der Waals surface area contributed by atoms with Crippen molar-refractivity contribution in [3.8, 4) is 0 Å². The van der Waals surface area contributed by atoms with Crippen molar-refractivity contribution in [1.82, 2.24) is 0 Å². The molecule has 0 bridgehead atoms. The minimum atomic E-state index is -4.15. The second-order valence-corrected chi connectivity index (χ2v) is 9.44. The zero-order valence-corrected chi connectivity index (χ0v) is 22.2. The molecule has 0 spiro atoms. The molecule has 0 aromatic heterocycles. The fourth-order valence-corrected chi connectivity index (χ4v) is 4.36. The summed E-state index contributed by atoms with van der Waals surface area (Å²) in [5, 5.41) is 9.27. The molecule has 158 valence electrons. The van der Waals surface area contributed by atoms with Gasteiger partial charge in [-0.1, -0.05) is 97.3 Å². The Morgan fingerprint density at radius 3 is 1.48 bits per heavy atom. The molecule has 0 aliphatic carbocycles. The van der Waals surface area contributed by atoms with Crippen LogP contribution in [0.5, 0.6) is 0 Å². The van der Waals surface area contributed by atoms with Crippen LogP contribution in [0.15, 0.2) is 0 Å². The molecule has 0 rings (SSSR count). The first-order valence-electron chi connectivity index (χ1n) is 11.0. The minimum Gasteiger partial charge on any atom is -0.748 e. The van der Waals surface area contributed by atoms with E-state index in [0.717, 1.165) is 38.5 Å². The number of aliphatic hydroxyl groups excluding tert-OH is 1. The van der Waals surface area contributed by atoms with Crippen molar-refractivity contribution in [3.05, 3.63) is 0 Å². The Labute approximate surface area is 211 Å². The summed E-state index contributed by atoms with van der Waals surface area (Å²) in [7, 11) is -4.15. The van der Waals surface area contributed by atoms with Gasteiger partial charge < -0.3 is 9.66 Å². The Kier molecular flexibility index (Phi) is 23.6. The molecule has 0 aromatic rings. The Bertz CT molecular complexity index is 401. The smallest absolute Gasteiger partial charge is 0.748 e. The third-order valence-electron chi connectivity index (χ3n) is 5.32. The van der Waals surface area contributed by atoms with E-state index in [1.165, 1.54) is 57.8 Å². The van der Waals surface area contributed by atoms with E-state index in [2.05, 4.69) is 6.92 Å². The van der Waals surface area contributed by atoms with Gasteiger partial charge in [0.2, 0.25) is 0 Å². The van der Waals surface area contributed by atoms with Crippen molar-refractivity contribution in [2.24, 2.45) is 0 Å². The predicted molar refractivity (Wildman–Crippen MR) is 109 cm³/mol. The first-order chi connectivity index (χ1) is 12.4. The van der Waals surface area contributed by atoms with E-state index in [9.17, 15) is 18.1 Å². The molecule has 0 fully saturated rings. The van der Waals surface area contributed by atoms with Crippen LogP contribution >= 0.6 is 0 Å². The van der Waals surface area contributed by atoms with Gasteiger partial charge in [0, 0.05) is 5.25 Å². The second kappa shape index (κ2) is 20.8. The van der Waals surface area contributed by atoms with Crippen LogP contribution in [0.3, 0.4) is 0 Å². The molecular formula is C21H43KO4S. The third kappa shape index (κ3) is 20.6. The van der Waals surface area contributed by atoms with Gasteiger partial charge in [0.1, 0.15) is 0 Å². The molecule has 0 aliphatic rings. The summed E-state index contributed by atoms with van der Waals surface area (Å²) >= 11 is 0. The standard InChI is InChI=1S/C21H44O4S.K/c1-3-5-6-7-8-9-10-11-12-14-17-20(22)18-15-13-16-19-21(4-2)26(23,24)25;/h20-22H,3-19H2,1-2H3,(H,23,24,25);/q;+1/p-1. The largest absolute Gasteiger partial charge is 1.00 e. The van der Waals surface area contributed by atoms with Gasteiger partial charge in [-0.25, -0.2) is 8.42 Å². The fraction of sp³-hybridized carbons (Fsp3) is 1.00. The molecule has 0 aromatic carbocycles. The van der Waals surface area contributed by atoms with Gasteiger partial charge in [-0.15, -0.1) is 0 Å². The Balaban J connectivity index is 0. The third-order valence-corrected chi connectivity index (χ3v) is 6.70. The van der Waals surface area contributed by atoms with Gasteiger partial charge in [0.25, 0.3) is 0 Å². The van der Waals surface area contributed by atoms with Gasteiger partial charge in [-0.05, 0) is 25.7 Å². The van der Waals surface area contributed by atoms with Crippen molar-refractivity contribution in [2.45, 2.75) is 134 Å². The van der Waals surface area contributed by atoms with Gasteiger partial charge in [0.15, 0.2) is 0 Å². The van der Waals surface area contributed by atoms with Crippen LogP contribution < -0.4 is 51.4 Å². The minimum absolute atomic E-state index is 0. The number of rotatable bonds is 19. The van der Waals surface area contributed by atoms with E-state index in [1.54, 1.807) is 6.92 Å². The predicted octanol–water partition coefficient (Wildman–Crippen LogP) is 2.94. The van der Waals surface area contributed by atoms with Crippen molar-refractivity contribution in [2.75, 3.05) is 0 Å². The van der Waals surface area contributed by atoms with Crippen molar-refractivity contribution >= 4 is 10.1 Å². The summed E-state index contributed by atoms with van der Waals surface area (Å²) in [5.41, 5.74) is 0. The Morgan fingerprint density at radius 1 is 0.704 bits per heavy atom. The first-order valence-corrected chi connectivity index (χ1v) is 12.5. The average molecular weight is 431 g/mol. The normalized spacial score (nSPS) is 13.9. The SMILES string of the molecule is CCCCCCCCCCCCC(O)CCCCCC(CC)S(=O)(=O)[O-].[K+]. The molecule has 0 saturated carbocycles. The molecule has 0 aliphatic heterocycles. The number of aliphatic hydroxyl groups is 1. The van der Waals surface area contributed by atoms with Crippen molar-refractivity contribution < 1.29 is 69.5 Å². The summed E-state index contributed by atoms with van der Waals surface area (Å²) in [6.07, 6.45) is 17.9. The van der Waals surface area contributed by atoms with E-state index < -0.39 is 15.4 Å². The van der Waals surface area contributed by atoms with Crippen molar-refractivity contribution in [3.63, 3.8) is 0 Å². The molecule has 4 nitrogen and oxygen atoms in total. The molecule has 2 atom stereocenters. The maximum Gasteiger partial charge on any atom is 1.00 e. The van der Waals surface area contributed by atoms with Gasteiger partial charge >= 0.3 is 51.4 Å². The molecule has 1 N–H and O–H groups in total. The van der Waals surface area contributed by atoms with Gasteiger partial charge in [-0.2, -0.15) is 0 Å². The van der Waals surface area contributed by atoms with Gasteiger partial charge in [-0.3, -0.25) is 0 Å². The average Bonchev–Trinajstić information content (AvgIpc) is 2.58. The van der Waals surface area contributed by atoms with E-state index in [-0.39, 0.29) is 57.5 Å². The van der Waals surface area contributed by atoms with Gasteiger partial charge in [0.05, 0.1) is 16.2 Å². The summed E-state index contributed by atoms with van der Waals surface area (Å²) in [5.74, 6) is 0.